The summed E-state index contributed by atoms with van der Waals surface area (Å²) in [5, 5.41) is 11.8. The van der Waals surface area contributed by atoms with Crippen LogP contribution in [0.25, 0.3) is 0 Å². The fourth-order valence-electron chi connectivity index (χ4n) is 1.89. The molecule has 0 fully saturated rings. The second-order valence-electron chi connectivity index (χ2n) is 4.49. The Hall–Kier alpha value is -2.81. The number of nitrogens with one attached hydrogen (secondary N) is 1. The number of carbonyl (C=O) groups excluding carboxylic acids is 2. The van der Waals surface area contributed by atoms with Crippen molar-refractivity contribution in [2.45, 2.75) is 13.8 Å². The second kappa shape index (κ2) is 6.53. The van der Waals surface area contributed by atoms with E-state index in [9.17, 15) is 14.4 Å². The zero-order valence-electron chi connectivity index (χ0n) is 12.5. The molecule has 2 N–H and O–H groups in total. The molecule has 0 saturated heterocycles. The van der Waals surface area contributed by atoms with Crippen molar-refractivity contribution in [2.75, 3.05) is 12.4 Å². The van der Waals surface area contributed by atoms with Gasteiger partial charge in [-0.15, -0.1) is 11.3 Å². The molecule has 9 heteroatoms. The molecule has 0 saturated carbocycles. The molecule has 8 nitrogen and oxygen atoms in total. The van der Waals surface area contributed by atoms with Crippen LogP contribution in [0.15, 0.2) is 12.4 Å². The fourth-order valence-corrected chi connectivity index (χ4v) is 2.93. The number of aromatic nitrogens is 2. The molecule has 2 rings (SSSR count). The van der Waals surface area contributed by atoms with Gasteiger partial charge in [0.25, 0.3) is 5.91 Å². The smallest absolute Gasteiger partial charge is 0.356 e. The number of esters is 1. The van der Waals surface area contributed by atoms with Crippen LogP contribution in [-0.2, 0) is 4.74 Å². The summed E-state index contributed by atoms with van der Waals surface area (Å²) >= 11 is 1.19. The molecular weight excluding hydrogens is 322 g/mol. The van der Waals surface area contributed by atoms with Crippen molar-refractivity contribution in [3.05, 3.63) is 39.8 Å². The van der Waals surface area contributed by atoms with Crippen LogP contribution in [0.4, 0.5) is 5.00 Å². The topological polar surface area (TPSA) is 118 Å². The molecule has 2 heterocycles. The quantitative estimate of drug-likeness (QED) is 0.819. The van der Waals surface area contributed by atoms with Crippen LogP contribution in [0.2, 0.25) is 0 Å². The minimum atomic E-state index is -1.37. The second-order valence-corrected chi connectivity index (χ2v) is 5.72. The highest BCUT2D eigenvalue weighted by Crippen LogP contribution is 2.33. The van der Waals surface area contributed by atoms with E-state index in [1.165, 1.54) is 30.8 Å². The van der Waals surface area contributed by atoms with E-state index in [0.29, 0.717) is 5.56 Å². The molecule has 0 aliphatic rings. The van der Waals surface area contributed by atoms with E-state index in [4.69, 9.17) is 9.84 Å². The number of nitrogens with zero attached hydrogens (tertiary/aromatic N) is 2. The minimum absolute atomic E-state index is 0.240. The Kier molecular flexibility index (Phi) is 4.70. The van der Waals surface area contributed by atoms with Gasteiger partial charge >= 0.3 is 11.9 Å². The number of anilines is 1. The van der Waals surface area contributed by atoms with E-state index >= 15 is 0 Å². The van der Waals surface area contributed by atoms with Crippen molar-refractivity contribution in [2.24, 2.45) is 0 Å². The molecule has 0 atom stereocenters. The fraction of sp³-hybridized carbons (Fsp3) is 0.214. The van der Waals surface area contributed by atoms with Gasteiger partial charge in [0.15, 0.2) is 11.4 Å². The summed E-state index contributed by atoms with van der Waals surface area (Å²) in [5.74, 6) is -2.71. The van der Waals surface area contributed by atoms with Gasteiger partial charge in [0, 0.05) is 17.3 Å². The van der Waals surface area contributed by atoms with Gasteiger partial charge in [0.05, 0.1) is 12.7 Å². The Morgan fingerprint density at radius 3 is 2.35 bits per heavy atom. The van der Waals surface area contributed by atoms with E-state index in [1.54, 1.807) is 13.8 Å². The Morgan fingerprint density at radius 2 is 1.78 bits per heavy atom. The highest BCUT2D eigenvalue weighted by Gasteiger charge is 2.25. The molecule has 0 aromatic carbocycles. The van der Waals surface area contributed by atoms with Crippen molar-refractivity contribution in [1.82, 2.24) is 9.97 Å². The number of carboxylic acid groups (broad SMARTS) is 1. The van der Waals surface area contributed by atoms with Gasteiger partial charge in [-0.25, -0.2) is 19.6 Å². The molecule has 0 aliphatic carbocycles. The number of carbonyl (C=O) groups is 3. The van der Waals surface area contributed by atoms with E-state index < -0.39 is 23.5 Å². The number of rotatable bonds is 4. The van der Waals surface area contributed by atoms with Crippen LogP contribution >= 0.6 is 11.3 Å². The van der Waals surface area contributed by atoms with Gasteiger partial charge < -0.3 is 15.2 Å². The predicted molar refractivity (Wildman–Crippen MR) is 82.1 cm³/mol. The first-order chi connectivity index (χ1) is 10.9. The summed E-state index contributed by atoms with van der Waals surface area (Å²) in [6.07, 6.45) is 2.40. The molecule has 0 aliphatic heterocycles. The predicted octanol–water partition coefficient (Wildman–Crippen LogP) is 1.89. The number of hydrogen-bond donors (Lipinski definition) is 2. The number of amides is 1. The Bertz CT molecular complexity index is 800. The van der Waals surface area contributed by atoms with Crippen LogP contribution in [0.3, 0.4) is 0 Å². The molecule has 23 heavy (non-hydrogen) atoms. The molecule has 1 amide bonds. The Morgan fingerprint density at radius 1 is 1.17 bits per heavy atom. The summed E-state index contributed by atoms with van der Waals surface area (Å²) in [6, 6.07) is 0. The van der Waals surface area contributed by atoms with Crippen LogP contribution in [0.1, 0.15) is 41.8 Å². The van der Waals surface area contributed by atoms with Crippen molar-refractivity contribution < 1.29 is 24.2 Å². The molecule has 0 unspecified atom stereocenters. The summed E-state index contributed by atoms with van der Waals surface area (Å²) in [5.41, 5.74) is 0.132. The average Bonchev–Trinajstić information content (AvgIpc) is 2.80. The number of ether oxygens (including phenoxy) is 1. The first-order valence-electron chi connectivity index (χ1n) is 6.40. The average molecular weight is 335 g/mol. The van der Waals surface area contributed by atoms with Crippen LogP contribution in [0.5, 0.6) is 0 Å². The third kappa shape index (κ3) is 3.19. The van der Waals surface area contributed by atoms with Gasteiger partial charge in [-0.3, -0.25) is 4.79 Å². The first-order valence-corrected chi connectivity index (χ1v) is 7.22. The molecule has 2 aromatic heterocycles. The van der Waals surface area contributed by atoms with Crippen LogP contribution in [-0.4, -0.2) is 40.0 Å². The molecule has 0 radical (unpaired) electrons. The first kappa shape index (κ1) is 16.6. The Balaban J connectivity index is 2.41. The van der Waals surface area contributed by atoms with Crippen molar-refractivity contribution in [1.29, 1.82) is 0 Å². The maximum absolute atomic E-state index is 12.3. The SMILES string of the molecule is COC(=O)c1c(NC(=O)c2nccnc2C(=O)O)sc(C)c1C. The third-order valence-electron chi connectivity index (χ3n) is 3.12. The molecule has 0 bridgehead atoms. The van der Waals surface area contributed by atoms with Crippen molar-refractivity contribution in [3.63, 3.8) is 0 Å². The largest absolute Gasteiger partial charge is 0.476 e. The molecule has 2 aromatic rings. The van der Waals surface area contributed by atoms with Gasteiger partial charge in [0.2, 0.25) is 0 Å². The third-order valence-corrected chi connectivity index (χ3v) is 4.24. The summed E-state index contributed by atoms with van der Waals surface area (Å²) in [6.45, 7) is 3.53. The van der Waals surface area contributed by atoms with Crippen molar-refractivity contribution >= 4 is 34.2 Å². The number of thiophene rings is 1. The molecular formula is C14H13N3O5S. The summed E-state index contributed by atoms with van der Waals surface area (Å²) in [7, 11) is 1.24. The van der Waals surface area contributed by atoms with E-state index in [1.807, 2.05) is 0 Å². The Labute approximate surface area is 135 Å². The molecule has 0 spiro atoms. The van der Waals surface area contributed by atoms with Crippen LogP contribution in [0, 0.1) is 13.8 Å². The van der Waals surface area contributed by atoms with Gasteiger partial charge in [-0.2, -0.15) is 0 Å². The van der Waals surface area contributed by atoms with Crippen LogP contribution < -0.4 is 5.32 Å². The minimum Gasteiger partial charge on any atom is -0.476 e. The van der Waals surface area contributed by atoms with E-state index in [-0.39, 0.29) is 16.3 Å². The molecule has 120 valence electrons. The standard InChI is InChI=1S/C14H13N3O5S/c1-6-7(2)23-12(8(6)14(21)22-3)17-11(18)9-10(13(19)20)16-5-4-15-9/h4-5H,1-3H3,(H,17,18)(H,19,20). The lowest BCUT2D eigenvalue weighted by Crippen LogP contribution is -2.20. The number of aryl methyl sites for hydroxylation is 1. The number of hydrogen-bond acceptors (Lipinski definition) is 7. The lowest BCUT2D eigenvalue weighted by molar-refractivity contribution is 0.0600. The van der Waals surface area contributed by atoms with Gasteiger partial charge in [-0.1, -0.05) is 0 Å². The lowest BCUT2D eigenvalue weighted by Gasteiger charge is -2.07. The maximum atomic E-state index is 12.3. The number of aromatic carboxylic acids is 1. The highest BCUT2D eigenvalue weighted by molar-refractivity contribution is 7.16. The lowest BCUT2D eigenvalue weighted by atomic mass is 10.1. The maximum Gasteiger partial charge on any atom is 0.356 e. The van der Waals surface area contributed by atoms with Gasteiger partial charge in [-0.05, 0) is 19.4 Å². The summed E-state index contributed by atoms with van der Waals surface area (Å²) in [4.78, 5) is 43.5. The monoisotopic (exact) mass is 335 g/mol. The number of carboxylic acids is 1. The van der Waals surface area contributed by atoms with Gasteiger partial charge in [0.1, 0.15) is 5.00 Å². The van der Waals surface area contributed by atoms with E-state index in [2.05, 4.69) is 15.3 Å². The summed E-state index contributed by atoms with van der Waals surface area (Å²) < 4.78 is 4.71. The number of methoxy groups -OCH3 is 1. The van der Waals surface area contributed by atoms with Crippen molar-refractivity contribution in [3.8, 4) is 0 Å². The zero-order chi connectivity index (χ0) is 17.1. The van der Waals surface area contributed by atoms with E-state index in [0.717, 1.165) is 4.88 Å². The zero-order valence-corrected chi connectivity index (χ0v) is 13.4. The normalized spacial score (nSPS) is 10.2. The highest BCUT2D eigenvalue weighted by atomic mass is 32.1.